The predicted octanol–water partition coefficient (Wildman–Crippen LogP) is 1.40. The molecule has 25 heavy (non-hydrogen) atoms. The van der Waals surface area contributed by atoms with E-state index < -0.39 is 12.1 Å². The molecular formula is C18H22N4O3. The van der Waals surface area contributed by atoms with Crippen LogP contribution in [0.3, 0.4) is 0 Å². The van der Waals surface area contributed by atoms with Crippen molar-refractivity contribution in [3.8, 4) is 0 Å². The number of rotatable bonds is 5. The Bertz CT molecular complexity index is 715. The molecule has 2 atom stereocenters. The molecule has 0 unspecified atom stereocenters. The Morgan fingerprint density at radius 2 is 2.16 bits per heavy atom. The number of ether oxygens (including phenoxy) is 1. The molecule has 2 N–H and O–H groups in total. The van der Waals surface area contributed by atoms with E-state index in [4.69, 9.17) is 4.74 Å². The molecule has 0 aliphatic carbocycles. The SMILES string of the molecule is CC(C)N1C(=O)CO[C@H](C(=O)NCc2ncc[nH]2)[C@H]1c1ccccc1. The van der Waals surface area contributed by atoms with Crippen molar-refractivity contribution in [2.75, 3.05) is 6.61 Å². The number of hydrogen-bond donors (Lipinski definition) is 2. The summed E-state index contributed by atoms with van der Waals surface area (Å²) in [7, 11) is 0. The maximum atomic E-state index is 12.7. The lowest BCUT2D eigenvalue weighted by Gasteiger charge is -2.42. The molecular weight excluding hydrogens is 320 g/mol. The highest BCUT2D eigenvalue weighted by molar-refractivity contribution is 5.86. The number of aromatic nitrogens is 2. The van der Waals surface area contributed by atoms with Gasteiger partial charge in [0, 0.05) is 18.4 Å². The second-order valence-corrected chi connectivity index (χ2v) is 6.24. The van der Waals surface area contributed by atoms with E-state index in [0.717, 1.165) is 5.56 Å². The van der Waals surface area contributed by atoms with Gasteiger partial charge in [-0.15, -0.1) is 0 Å². The van der Waals surface area contributed by atoms with E-state index in [-0.39, 0.29) is 31.0 Å². The van der Waals surface area contributed by atoms with Crippen LogP contribution < -0.4 is 5.32 Å². The second kappa shape index (κ2) is 7.48. The molecule has 2 heterocycles. The van der Waals surface area contributed by atoms with Crippen molar-refractivity contribution >= 4 is 11.8 Å². The van der Waals surface area contributed by atoms with Gasteiger partial charge in [0.25, 0.3) is 5.91 Å². The number of benzene rings is 1. The van der Waals surface area contributed by atoms with Crippen molar-refractivity contribution in [3.63, 3.8) is 0 Å². The van der Waals surface area contributed by atoms with Crippen LogP contribution in [0.1, 0.15) is 31.3 Å². The molecule has 7 heteroatoms. The van der Waals surface area contributed by atoms with Gasteiger partial charge in [-0.3, -0.25) is 9.59 Å². The van der Waals surface area contributed by atoms with Crippen LogP contribution in [-0.2, 0) is 20.9 Å². The molecule has 1 aromatic heterocycles. The van der Waals surface area contributed by atoms with E-state index in [2.05, 4.69) is 15.3 Å². The normalized spacial score (nSPS) is 20.8. The number of aromatic amines is 1. The summed E-state index contributed by atoms with van der Waals surface area (Å²) < 4.78 is 5.64. The molecule has 1 fully saturated rings. The van der Waals surface area contributed by atoms with Gasteiger partial charge in [0.2, 0.25) is 5.91 Å². The molecule has 0 radical (unpaired) electrons. The van der Waals surface area contributed by atoms with Crippen molar-refractivity contribution in [1.82, 2.24) is 20.2 Å². The van der Waals surface area contributed by atoms with Crippen LogP contribution in [0.15, 0.2) is 42.7 Å². The Hall–Kier alpha value is -2.67. The Kier molecular flexibility index (Phi) is 5.14. The fraction of sp³-hybridized carbons (Fsp3) is 0.389. The summed E-state index contributed by atoms with van der Waals surface area (Å²) in [5.41, 5.74) is 0.877. The maximum Gasteiger partial charge on any atom is 0.252 e. The van der Waals surface area contributed by atoms with Crippen molar-refractivity contribution in [2.45, 2.75) is 38.6 Å². The third kappa shape index (κ3) is 3.71. The molecule has 132 valence electrons. The number of hydrogen-bond acceptors (Lipinski definition) is 4. The number of carbonyl (C=O) groups is 2. The molecule has 0 bridgehead atoms. The van der Waals surface area contributed by atoms with Crippen LogP contribution in [0.25, 0.3) is 0 Å². The summed E-state index contributed by atoms with van der Waals surface area (Å²) in [4.78, 5) is 33.9. The lowest BCUT2D eigenvalue weighted by atomic mass is 9.96. The van der Waals surface area contributed by atoms with Crippen LogP contribution in [0.2, 0.25) is 0 Å². The lowest BCUT2D eigenvalue weighted by Crippen LogP contribution is -2.56. The molecule has 7 nitrogen and oxygen atoms in total. The monoisotopic (exact) mass is 342 g/mol. The third-order valence-electron chi connectivity index (χ3n) is 4.20. The van der Waals surface area contributed by atoms with Gasteiger partial charge >= 0.3 is 0 Å². The van der Waals surface area contributed by atoms with Gasteiger partial charge < -0.3 is 19.9 Å². The summed E-state index contributed by atoms with van der Waals surface area (Å²) in [5.74, 6) is 0.291. The highest BCUT2D eigenvalue weighted by Gasteiger charge is 2.42. The zero-order chi connectivity index (χ0) is 17.8. The smallest absolute Gasteiger partial charge is 0.252 e. The standard InChI is InChI=1S/C18H22N4O3/c1-12(2)22-15(23)11-25-17(16(22)13-6-4-3-5-7-13)18(24)21-10-14-19-8-9-20-14/h3-9,12,16-17H,10-11H2,1-2H3,(H,19,20)(H,21,24)/t16-,17+/m1/s1. The molecule has 1 aromatic carbocycles. The van der Waals surface area contributed by atoms with Gasteiger partial charge in [0.15, 0.2) is 6.10 Å². The van der Waals surface area contributed by atoms with Gasteiger partial charge in [0.1, 0.15) is 12.4 Å². The summed E-state index contributed by atoms with van der Waals surface area (Å²) in [6.45, 7) is 4.07. The van der Waals surface area contributed by atoms with Crippen molar-refractivity contribution < 1.29 is 14.3 Å². The first kappa shape index (κ1) is 17.2. The topological polar surface area (TPSA) is 87.3 Å². The van der Waals surface area contributed by atoms with Gasteiger partial charge in [-0.05, 0) is 19.4 Å². The molecule has 1 saturated heterocycles. The Balaban J connectivity index is 1.84. The minimum Gasteiger partial charge on any atom is -0.356 e. The maximum absolute atomic E-state index is 12.7. The predicted molar refractivity (Wildman–Crippen MR) is 91.3 cm³/mol. The third-order valence-corrected chi connectivity index (χ3v) is 4.20. The number of carbonyl (C=O) groups excluding carboxylic acids is 2. The van der Waals surface area contributed by atoms with Crippen molar-refractivity contribution in [2.24, 2.45) is 0 Å². The average Bonchev–Trinajstić information content (AvgIpc) is 3.13. The van der Waals surface area contributed by atoms with Crippen LogP contribution in [0, 0.1) is 0 Å². The van der Waals surface area contributed by atoms with Crippen LogP contribution in [-0.4, -0.2) is 45.4 Å². The number of amides is 2. The fourth-order valence-electron chi connectivity index (χ4n) is 3.11. The summed E-state index contributed by atoms with van der Waals surface area (Å²) in [6, 6.07) is 9.01. The van der Waals surface area contributed by atoms with Crippen LogP contribution in [0.5, 0.6) is 0 Å². The van der Waals surface area contributed by atoms with Crippen LogP contribution in [0.4, 0.5) is 0 Å². The lowest BCUT2D eigenvalue weighted by molar-refractivity contribution is -0.167. The van der Waals surface area contributed by atoms with Crippen LogP contribution >= 0.6 is 0 Å². The number of imidazole rings is 1. The zero-order valence-electron chi connectivity index (χ0n) is 14.3. The summed E-state index contributed by atoms with van der Waals surface area (Å²) >= 11 is 0. The molecule has 0 spiro atoms. The Morgan fingerprint density at radius 1 is 1.40 bits per heavy atom. The number of H-pyrrole nitrogens is 1. The minimum absolute atomic E-state index is 0.0398. The Labute approximate surface area is 146 Å². The number of nitrogens with zero attached hydrogens (tertiary/aromatic N) is 2. The van der Waals surface area contributed by atoms with E-state index in [0.29, 0.717) is 5.82 Å². The second-order valence-electron chi connectivity index (χ2n) is 6.24. The number of nitrogens with one attached hydrogen (secondary N) is 2. The summed E-state index contributed by atoms with van der Waals surface area (Å²) in [5, 5.41) is 2.83. The Morgan fingerprint density at radius 3 is 2.80 bits per heavy atom. The zero-order valence-corrected chi connectivity index (χ0v) is 14.3. The number of morpholine rings is 1. The van der Waals surface area contributed by atoms with Gasteiger partial charge in [0.05, 0.1) is 12.6 Å². The van der Waals surface area contributed by atoms with Gasteiger partial charge in [-0.1, -0.05) is 30.3 Å². The molecule has 2 amide bonds. The first-order valence-corrected chi connectivity index (χ1v) is 8.31. The highest BCUT2D eigenvalue weighted by Crippen LogP contribution is 2.32. The highest BCUT2D eigenvalue weighted by atomic mass is 16.5. The van der Waals surface area contributed by atoms with E-state index in [1.807, 2.05) is 44.2 Å². The van der Waals surface area contributed by atoms with Gasteiger partial charge in [-0.25, -0.2) is 4.98 Å². The van der Waals surface area contributed by atoms with E-state index in [9.17, 15) is 9.59 Å². The quantitative estimate of drug-likeness (QED) is 0.860. The van der Waals surface area contributed by atoms with Crippen molar-refractivity contribution in [3.05, 3.63) is 54.1 Å². The largest absolute Gasteiger partial charge is 0.356 e. The van der Waals surface area contributed by atoms with E-state index in [1.165, 1.54) is 0 Å². The molecule has 3 rings (SSSR count). The van der Waals surface area contributed by atoms with E-state index in [1.54, 1.807) is 17.3 Å². The van der Waals surface area contributed by atoms with E-state index >= 15 is 0 Å². The molecule has 2 aromatic rings. The first-order valence-electron chi connectivity index (χ1n) is 8.31. The van der Waals surface area contributed by atoms with Gasteiger partial charge in [-0.2, -0.15) is 0 Å². The average molecular weight is 342 g/mol. The molecule has 1 aliphatic heterocycles. The minimum atomic E-state index is -0.766. The molecule has 0 saturated carbocycles. The molecule has 1 aliphatic rings. The summed E-state index contributed by atoms with van der Waals surface area (Å²) in [6.07, 6.45) is 2.56. The first-order chi connectivity index (χ1) is 12.1. The van der Waals surface area contributed by atoms with Crippen molar-refractivity contribution in [1.29, 1.82) is 0 Å². The fourth-order valence-corrected chi connectivity index (χ4v) is 3.11.